The first-order chi connectivity index (χ1) is 12.1. The number of rotatable bonds is 5. The lowest BCUT2D eigenvalue weighted by atomic mass is 10.1. The Hall–Kier alpha value is -2.08. The zero-order valence-corrected chi connectivity index (χ0v) is 15.6. The van der Waals surface area contributed by atoms with Crippen molar-refractivity contribution in [2.75, 3.05) is 26.2 Å². The maximum Gasteiger partial charge on any atom is 0.264 e. The molecule has 2 aromatic rings. The summed E-state index contributed by atoms with van der Waals surface area (Å²) in [5.74, 6) is 0.0629. The molecule has 0 N–H and O–H groups in total. The molecule has 0 spiro atoms. The van der Waals surface area contributed by atoms with Crippen LogP contribution in [0.2, 0.25) is 0 Å². The van der Waals surface area contributed by atoms with Crippen molar-refractivity contribution >= 4 is 23.2 Å². The summed E-state index contributed by atoms with van der Waals surface area (Å²) in [5.41, 5.74) is 1.86. The van der Waals surface area contributed by atoms with Gasteiger partial charge in [0.05, 0.1) is 16.7 Å². The minimum atomic E-state index is -0.0320. The van der Waals surface area contributed by atoms with E-state index in [0.29, 0.717) is 31.7 Å². The van der Waals surface area contributed by atoms with Crippen molar-refractivity contribution in [1.29, 1.82) is 0 Å². The van der Waals surface area contributed by atoms with E-state index < -0.39 is 0 Å². The summed E-state index contributed by atoms with van der Waals surface area (Å²) in [4.78, 5) is 30.9. The summed E-state index contributed by atoms with van der Waals surface area (Å²) in [7, 11) is 0. The molecule has 0 bridgehead atoms. The fourth-order valence-electron chi connectivity index (χ4n) is 3.15. The summed E-state index contributed by atoms with van der Waals surface area (Å²) >= 11 is 1.63. The average molecular weight is 360 g/mol. The zero-order valence-electron chi connectivity index (χ0n) is 14.8. The van der Waals surface area contributed by atoms with E-state index in [9.17, 15) is 9.59 Å². The largest absolute Gasteiger partial charge is 0.472 e. The lowest BCUT2D eigenvalue weighted by Crippen LogP contribution is -2.50. The molecule has 6 heteroatoms. The fourth-order valence-corrected chi connectivity index (χ4v) is 4.47. The van der Waals surface area contributed by atoms with E-state index in [2.05, 4.69) is 19.9 Å². The normalized spacial score (nSPS) is 14.8. The van der Waals surface area contributed by atoms with Crippen LogP contribution < -0.4 is 0 Å². The predicted molar refractivity (Wildman–Crippen MR) is 98.2 cm³/mol. The third-order valence-corrected chi connectivity index (χ3v) is 5.81. The predicted octanol–water partition coefficient (Wildman–Crippen LogP) is 3.45. The van der Waals surface area contributed by atoms with E-state index in [1.165, 1.54) is 23.0 Å². The van der Waals surface area contributed by atoms with Gasteiger partial charge >= 0.3 is 0 Å². The van der Waals surface area contributed by atoms with E-state index in [0.717, 1.165) is 24.1 Å². The van der Waals surface area contributed by atoms with Crippen LogP contribution >= 0.6 is 11.3 Å². The molecule has 5 nitrogen and oxygen atoms in total. The Balaban J connectivity index is 1.62. The first kappa shape index (κ1) is 17.7. The molecule has 3 heterocycles. The van der Waals surface area contributed by atoms with E-state index in [4.69, 9.17) is 4.42 Å². The van der Waals surface area contributed by atoms with Crippen molar-refractivity contribution in [2.24, 2.45) is 0 Å². The van der Waals surface area contributed by atoms with Gasteiger partial charge in [-0.25, -0.2) is 0 Å². The second-order valence-electron chi connectivity index (χ2n) is 6.26. The van der Waals surface area contributed by atoms with Crippen molar-refractivity contribution in [2.45, 2.75) is 33.1 Å². The van der Waals surface area contributed by atoms with Crippen molar-refractivity contribution in [1.82, 2.24) is 9.80 Å². The minimum absolute atomic E-state index is 0.0320. The number of nitrogens with zero attached hydrogens (tertiary/aromatic N) is 2. The molecule has 2 amide bonds. The highest BCUT2D eigenvalue weighted by molar-refractivity contribution is 7.14. The van der Waals surface area contributed by atoms with E-state index in [1.54, 1.807) is 22.3 Å². The van der Waals surface area contributed by atoms with Crippen molar-refractivity contribution in [3.63, 3.8) is 0 Å². The third-order valence-electron chi connectivity index (χ3n) is 4.59. The minimum Gasteiger partial charge on any atom is -0.472 e. The molecule has 0 aliphatic carbocycles. The highest BCUT2D eigenvalue weighted by Gasteiger charge is 2.27. The van der Waals surface area contributed by atoms with Gasteiger partial charge in [0.1, 0.15) is 6.26 Å². The zero-order chi connectivity index (χ0) is 17.8. The highest BCUT2D eigenvalue weighted by Crippen LogP contribution is 2.26. The lowest BCUT2D eigenvalue weighted by molar-refractivity contribution is 0.0537. The topological polar surface area (TPSA) is 53.8 Å². The lowest BCUT2D eigenvalue weighted by Gasteiger charge is -2.34. The van der Waals surface area contributed by atoms with E-state index >= 15 is 0 Å². The molecule has 1 aliphatic rings. The summed E-state index contributed by atoms with van der Waals surface area (Å²) in [6, 6.07) is 3.73. The van der Waals surface area contributed by atoms with Crippen molar-refractivity contribution in [3.8, 4) is 0 Å². The number of hydrogen-bond acceptors (Lipinski definition) is 4. The molecule has 0 atom stereocenters. The van der Waals surface area contributed by atoms with Gasteiger partial charge in [-0.15, -0.1) is 11.3 Å². The Morgan fingerprint density at radius 1 is 1.12 bits per heavy atom. The van der Waals surface area contributed by atoms with Gasteiger partial charge in [-0.1, -0.05) is 20.3 Å². The number of amides is 2. The van der Waals surface area contributed by atoms with Gasteiger partial charge in [0.15, 0.2) is 0 Å². The Bertz CT molecular complexity index is 728. The SMILES string of the molecule is CCCc1sc(C(=O)N2CCN(C(=O)c3ccoc3)CC2)cc1CC. The standard InChI is InChI=1S/C19H24N2O3S/c1-3-5-16-14(4-2)12-17(25-16)19(23)21-9-7-20(8-10-21)18(22)15-6-11-24-13-15/h6,11-13H,3-5,7-10H2,1-2H3. The Labute approximate surface area is 152 Å². The Morgan fingerprint density at radius 2 is 1.80 bits per heavy atom. The third kappa shape index (κ3) is 3.79. The van der Waals surface area contributed by atoms with Gasteiger partial charge in [-0.2, -0.15) is 0 Å². The second-order valence-corrected chi connectivity index (χ2v) is 7.40. The van der Waals surface area contributed by atoms with Crippen LogP contribution in [0.5, 0.6) is 0 Å². The molecule has 0 saturated carbocycles. The van der Waals surface area contributed by atoms with Crippen LogP contribution in [0.4, 0.5) is 0 Å². The van der Waals surface area contributed by atoms with E-state index in [-0.39, 0.29) is 11.8 Å². The first-order valence-electron chi connectivity index (χ1n) is 8.86. The molecule has 1 fully saturated rings. The molecule has 134 valence electrons. The number of aryl methyl sites for hydroxylation is 2. The average Bonchev–Trinajstić information content (AvgIpc) is 3.31. The van der Waals surface area contributed by atoms with Gasteiger partial charge in [-0.05, 0) is 30.5 Å². The quantitative estimate of drug-likeness (QED) is 0.821. The van der Waals surface area contributed by atoms with Gasteiger partial charge < -0.3 is 14.2 Å². The summed E-state index contributed by atoms with van der Waals surface area (Å²) in [6.07, 6.45) is 6.06. The summed E-state index contributed by atoms with van der Waals surface area (Å²) in [5, 5.41) is 0. The number of furan rings is 1. The number of carbonyl (C=O) groups is 2. The molecular formula is C19H24N2O3S. The smallest absolute Gasteiger partial charge is 0.264 e. The Kier molecular flexibility index (Phi) is 5.58. The maximum absolute atomic E-state index is 12.8. The second kappa shape index (κ2) is 7.87. The number of carbonyl (C=O) groups excluding carboxylic acids is 2. The van der Waals surface area contributed by atoms with Crippen LogP contribution in [0.1, 0.15) is 50.7 Å². The highest BCUT2D eigenvalue weighted by atomic mass is 32.1. The van der Waals surface area contributed by atoms with Crippen LogP contribution in [0, 0.1) is 0 Å². The summed E-state index contributed by atoms with van der Waals surface area (Å²) < 4.78 is 4.98. The van der Waals surface area contributed by atoms with E-state index in [1.807, 2.05) is 4.90 Å². The molecule has 2 aromatic heterocycles. The van der Waals surface area contributed by atoms with Gasteiger partial charge in [0.25, 0.3) is 11.8 Å². The monoisotopic (exact) mass is 360 g/mol. The fraction of sp³-hybridized carbons (Fsp3) is 0.474. The van der Waals surface area contributed by atoms with Gasteiger partial charge in [0.2, 0.25) is 0 Å². The molecule has 0 aromatic carbocycles. The van der Waals surface area contributed by atoms with Crippen molar-refractivity contribution < 1.29 is 14.0 Å². The molecular weight excluding hydrogens is 336 g/mol. The van der Waals surface area contributed by atoms with Gasteiger partial charge in [0, 0.05) is 31.1 Å². The Morgan fingerprint density at radius 3 is 2.36 bits per heavy atom. The molecule has 1 aliphatic heterocycles. The van der Waals surface area contributed by atoms with Crippen LogP contribution in [0.3, 0.4) is 0 Å². The van der Waals surface area contributed by atoms with Crippen LogP contribution in [0.25, 0.3) is 0 Å². The van der Waals surface area contributed by atoms with Crippen LogP contribution in [-0.2, 0) is 12.8 Å². The van der Waals surface area contributed by atoms with Crippen LogP contribution in [0.15, 0.2) is 29.1 Å². The molecule has 0 unspecified atom stereocenters. The van der Waals surface area contributed by atoms with Crippen molar-refractivity contribution in [3.05, 3.63) is 45.5 Å². The molecule has 25 heavy (non-hydrogen) atoms. The maximum atomic E-state index is 12.8. The molecule has 3 rings (SSSR count). The van der Waals surface area contributed by atoms with Gasteiger partial charge in [-0.3, -0.25) is 9.59 Å². The molecule has 1 saturated heterocycles. The number of piperazine rings is 1. The van der Waals surface area contributed by atoms with Crippen LogP contribution in [-0.4, -0.2) is 47.8 Å². The first-order valence-corrected chi connectivity index (χ1v) is 9.68. The summed E-state index contributed by atoms with van der Waals surface area (Å²) in [6.45, 7) is 6.57. The number of thiophene rings is 1. The molecule has 0 radical (unpaired) electrons. The number of hydrogen-bond donors (Lipinski definition) is 0.